The molecule has 1 fully saturated rings. The van der Waals surface area contributed by atoms with Crippen molar-refractivity contribution in [3.8, 4) is 0 Å². The van der Waals surface area contributed by atoms with Crippen molar-refractivity contribution in [1.29, 1.82) is 0 Å². The molecule has 0 aliphatic carbocycles. The van der Waals surface area contributed by atoms with Crippen molar-refractivity contribution >= 4 is 62.4 Å². The van der Waals surface area contributed by atoms with E-state index in [1.165, 1.54) is 5.01 Å². The number of para-hydroxylation sites is 1. The fourth-order valence-corrected chi connectivity index (χ4v) is 3.96. The maximum Gasteiger partial charge on any atom is 0.355 e. The smallest absolute Gasteiger partial charge is 0.355 e. The molecule has 7 nitrogen and oxygen atoms in total. The van der Waals surface area contributed by atoms with Crippen molar-refractivity contribution in [3.63, 3.8) is 0 Å². The van der Waals surface area contributed by atoms with E-state index >= 15 is 0 Å². The largest absolute Gasteiger partial charge is 0.461 e. The maximum absolute atomic E-state index is 13.3. The Hall–Kier alpha value is -2.71. The van der Waals surface area contributed by atoms with Gasteiger partial charge in [0.2, 0.25) is 5.91 Å². The molecule has 4 rings (SSSR count). The standard InChI is InChI=1S/C20H15BrClN3O4/c1-2-29-20(28)16-15-17(25(23-16)14-6-4-3-5-13(14)22)19(27)24(18(15)26)12-9-7-11(21)8-10-12/h3-10,15,17H,2H2,1H3/t15-,17-/m1/s1. The van der Waals surface area contributed by atoms with E-state index < -0.39 is 29.7 Å². The van der Waals surface area contributed by atoms with E-state index in [-0.39, 0.29) is 12.3 Å². The number of hydrogen-bond acceptors (Lipinski definition) is 6. The van der Waals surface area contributed by atoms with Gasteiger partial charge in [0.05, 0.1) is 23.0 Å². The second-order valence-electron chi connectivity index (χ2n) is 6.41. The summed E-state index contributed by atoms with van der Waals surface area (Å²) in [5, 5.41) is 5.98. The van der Waals surface area contributed by atoms with Crippen LogP contribution in [0.5, 0.6) is 0 Å². The number of imide groups is 1. The monoisotopic (exact) mass is 475 g/mol. The van der Waals surface area contributed by atoms with Gasteiger partial charge in [-0.2, -0.15) is 5.10 Å². The van der Waals surface area contributed by atoms with Gasteiger partial charge in [-0.3, -0.25) is 9.59 Å². The Morgan fingerprint density at radius 3 is 2.48 bits per heavy atom. The van der Waals surface area contributed by atoms with Crippen LogP contribution in [0, 0.1) is 5.92 Å². The lowest BCUT2D eigenvalue weighted by Gasteiger charge is -2.22. The number of esters is 1. The van der Waals surface area contributed by atoms with E-state index in [4.69, 9.17) is 16.3 Å². The molecule has 2 aromatic carbocycles. The molecule has 2 atom stereocenters. The molecule has 0 spiro atoms. The molecule has 0 unspecified atom stereocenters. The van der Waals surface area contributed by atoms with E-state index in [0.29, 0.717) is 16.4 Å². The molecule has 2 aliphatic rings. The third-order valence-corrected chi connectivity index (χ3v) is 5.57. The van der Waals surface area contributed by atoms with Crippen molar-refractivity contribution in [1.82, 2.24) is 0 Å². The molecule has 148 valence electrons. The molecular formula is C20H15BrClN3O4. The SMILES string of the molecule is CCOC(=O)C1=NN(c2ccccc2Cl)[C@H]2C(=O)N(c3ccc(Br)cc3)C(=O)[C@H]12. The van der Waals surface area contributed by atoms with Gasteiger partial charge < -0.3 is 4.74 Å². The Kier molecular flexibility index (Phi) is 5.14. The number of ether oxygens (including phenoxy) is 1. The summed E-state index contributed by atoms with van der Waals surface area (Å²) in [4.78, 5) is 40.1. The number of nitrogens with zero attached hydrogens (tertiary/aromatic N) is 3. The van der Waals surface area contributed by atoms with Crippen LogP contribution in [0.25, 0.3) is 0 Å². The maximum atomic E-state index is 13.3. The summed E-state index contributed by atoms with van der Waals surface area (Å²) < 4.78 is 5.88. The van der Waals surface area contributed by atoms with E-state index in [0.717, 1.165) is 9.37 Å². The Balaban J connectivity index is 1.81. The van der Waals surface area contributed by atoms with Gasteiger partial charge in [-0.25, -0.2) is 14.7 Å². The number of carbonyl (C=O) groups is 3. The summed E-state index contributed by atoms with van der Waals surface area (Å²) in [5.41, 5.74) is 0.747. The lowest BCUT2D eigenvalue weighted by atomic mass is 9.98. The van der Waals surface area contributed by atoms with Crippen LogP contribution in [-0.2, 0) is 19.1 Å². The highest BCUT2D eigenvalue weighted by Gasteiger charge is 2.59. The first kappa shape index (κ1) is 19.6. The average molecular weight is 477 g/mol. The highest BCUT2D eigenvalue weighted by molar-refractivity contribution is 9.10. The Morgan fingerprint density at radius 1 is 1.14 bits per heavy atom. The van der Waals surface area contributed by atoms with Crippen LogP contribution in [0.4, 0.5) is 11.4 Å². The van der Waals surface area contributed by atoms with Crippen LogP contribution in [-0.4, -0.2) is 36.1 Å². The zero-order valence-corrected chi connectivity index (χ0v) is 17.6. The van der Waals surface area contributed by atoms with Gasteiger partial charge in [0, 0.05) is 4.47 Å². The number of halogens is 2. The molecule has 1 saturated heterocycles. The minimum Gasteiger partial charge on any atom is -0.461 e. The molecule has 2 aromatic rings. The van der Waals surface area contributed by atoms with Crippen molar-refractivity contribution in [2.75, 3.05) is 16.5 Å². The molecule has 0 radical (unpaired) electrons. The molecule has 0 saturated carbocycles. The topological polar surface area (TPSA) is 79.3 Å². The normalized spacial score (nSPS) is 20.7. The van der Waals surface area contributed by atoms with Crippen molar-refractivity contribution in [2.45, 2.75) is 13.0 Å². The van der Waals surface area contributed by atoms with E-state index in [2.05, 4.69) is 21.0 Å². The van der Waals surface area contributed by atoms with Crippen molar-refractivity contribution in [3.05, 3.63) is 58.0 Å². The van der Waals surface area contributed by atoms with Crippen LogP contribution in [0.2, 0.25) is 5.02 Å². The summed E-state index contributed by atoms with van der Waals surface area (Å²) >= 11 is 9.63. The van der Waals surface area contributed by atoms with Crippen LogP contribution in [0.3, 0.4) is 0 Å². The molecule has 2 amide bonds. The number of fused-ring (bicyclic) bond motifs is 1. The average Bonchev–Trinajstić information content (AvgIpc) is 3.21. The quantitative estimate of drug-likeness (QED) is 0.499. The molecule has 9 heteroatoms. The fourth-order valence-electron chi connectivity index (χ4n) is 3.47. The lowest BCUT2D eigenvalue weighted by molar-refractivity contribution is -0.136. The number of hydrazone groups is 1. The van der Waals surface area contributed by atoms with E-state index in [1.807, 2.05) is 0 Å². The fraction of sp³-hybridized carbons (Fsp3) is 0.200. The Labute approximate surface area is 180 Å². The number of carbonyl (C=O) groups excluding carboxylic acids is 3. The third kappa shape index (κ3) is 3.22. The van der Waals surface area contributed by atoms with Gasteiger partial charge in [0.25, 0.3) is 5.91 Å². The summed E-state index contributed by atoms with van der Waals surface area (Å²) in [6, 6.07) is 12.6. The predicted octanol–water partition coefficient (Wildman–Crippen LogP) is 3.40. The number of benzene rings is 2. The second kappa shape index (κ2) is 7.61. The zero-order valence-electron chi connectivity index (χ0n) is 15.2. The number of anilines is 2. The van der Waals surface area contributed by atoms with Gasteiger partial charge in [0.15, 0.2) is 5.71 Å². The molecular weight excluding hydrogens is 462 g/mol. The molecule has 0 N–H and O–H groups in total. The van der Waals surface area contributed by atoms with Gasteiger partial charge in [-0.15, -0.1) is 0 Å². The minimum absolute atomic E-state index is 0.102. The molecule has 0 bridgehead atoms. The van der Waals surface area contributed by atoms with Gasteiger partial charge in [0.1, 0.15) is 12.0 Å². The highest BCUT2D eigenvalue weighted by Crippen LogP contribution is 2.40. The van der Waals surface area contributed by atoms with E-state index in [1.54, 1.807) is 55.5 Å². The summed E-state index contributed by atoms with van der Waals surface area (Å²) in [6.45, 7) is 1.78. The summed E-state index contributed by atoms with van der Waals surface area (Å²) in [5.74, 6) is -2.80. The highest BCUT2D eigenvalue weighted by atomic mass is 79.9. The van der Waals surface area contributed by atoms with Gasteiger partial charge in [-0.05, 0) is 43.3 Å². The number of rotatable bonds is 4. The van der Waals surface area contributed by atoms with Crippen LogP contribution in [0.15, 0.2) is 58.1 Å². The zero-order chi connectivity index (χ0) is 20.7. The van der Waals surface area contributed by atoms with Gasteiger partial charge in [-0.1, -0.05) is 39.7 Å². The molecule has 2 heterocycles. The molecule has 2 aliphatic heterocycles. The molecule has 29 heavy (non-hydrogen) atoms. The van der Waals surface area contributed by atoms with Crippen molar-refractivity contribution in [2.24, 2.45) is 11.0 Å². The Bertz CT molecular complexity index is 1040. The predicted molar refractivity (Wildman–Crippen MR) is 112 cm³/mol. The first-order chi connectivity index (χ1) is 13.9. The summed E-state index contributed by atoms with van der Waals surface area (Å²) in [6.07, 6.45) is 0. The van der Waals surface area contributed by atoms with Crippen LogP contribution in [0.1, 0.15) is 6.92 Å². The number of amides is 2. The number of hydrogen-bond donors (Lipinski definition) is 0. The van der Waals surface area contributed by atoms with Crippen LogP contribution >= 0.6 is 27.5 Å². The summed E-state index contributed by atoms with van der Waals surface area (Å²) in [7, 11) is 0. The lowest BCUT2D eigenvalue weighted by Crippen LogP contribution is -2.39. The third-order valence-electron chi connectivity index (χ3n) is 4.72. The first-order valence-electron chi connectivity index (χ1n) is 8.86. The minimum atomic E-state index is -1.07. The Morgan fingerprint density at radius 2 is 1.83 bits per heavy atom. The van der Waals surface area contributed by atoms with Crippen LogP contribution < -0.4 is 9.91 Å². The molecule has 0 aromatic heterocycles. The van der Waals surface area contributed by atoms with E-state index in [9.17, 15) is 14.4 Å². The van der Waals surface area contributed by atoms with Crippen molar-refractivity contribution < 1.29 is 19.1 Å². The van der Waals surface area contributed by atoms with Gasteiger partial charge >= 0.3 is 5.97 Å². The second-order valence-corrected chi connectivity index (χ2v) is 7.74. The first-order valence-corrected chi connectivity index (χ1v) is 10.0.